The summed E-state index contributed by atoms with van der Waals surface area (Å²) >= 11 is 5.54. The Morgan fingerprint density at radius 3 is 2.62 bits per heavy atom. The Kier molecular flexibility index (Phi) is 5.71. The summed E-state index contributed by atoms with van der Waals surface area (Å²) in [5.74, 6) is -1.14. The van der Waals surface area contributed by atoms with Gasteiger partial charge in [0, 0.05) is 18.9 Å². The number of hydrogen-bond acceptors (Lipinski definition) is 4. The molecule has 2 amide bonds. The second-order valence-electron chi connectivity index (χ2n) is 5.34. The first-order valence-electron chi connectivity index (χ1n) is 7.22. The van der Waals surface area contributed by atoms with E-state index in [-0.39, 0.29) is 23.6 Å². The molecule has 0 unspecified atom stereocenters. The highest BCUT2D eigenvalue weighted by molar-refractivity contribution is 6.31. The minimum atomic E-state index is -4.64. The highest BCUT2D eigenvalue weighted by Crippen LogP contribution is 2.36. The van der Waals surface area contributed by atoms with Crippen LogP contribution in [0.15, 0.2) is 36.5 Å². The number of nitrogens with zero attached hydrogens (tertiary/aromatic N) is 2. The topological polar surface area (TPSA) is 88.3 Å². The van der Waals surface area contributed by atoms with Crippen molar-refractivity contribution in [1.82, 2.24) is 4.98 Å². The first-order chi connectivity index (χ1) is 12.1. The summed E-state index contributed by atoms with van der Waals surface area (Å²) in [6, 6.07) is 6.02. The molecule has 6 nitrogen and oxygen atoms in total. The summed E-state index contributed by atoms with van der Waals surface area (Å²) in [5, 5.41) is 1.88. The van der Waals surface area contributed by atoms with Gasteiger partial charge in [0.25, 0.3) is 5.91 Å². The molecule has 2 aromatic rings. The minimum Gasteiger partial charge on any atom is -0.365 e. The van der Waals surface area contributed by atoms with E-state index in [1.54, 1.807) is 0 Å². The first kappa shape index (κ1) is 19.5. The number of nitrogens with two attached hydrogens (primary N) is 1. The molecule has 0 aliphatic heterocycles. The van der Waals surface area contributed by atoms with Crippen LogP contribution in [0.1, 0.15) is 15.9 Å². The Morgan fingerprint density at radius 1 is 1.31 bits per heavy atom. The third kappa shape index (κ3) is 4.63. The van der Waals surface area contributed by atoms with Crippen LogP contribution >= 0.6 is 11.6 Å². The molecular weight excluding hydrogens is 373 g/mol. The van der Waals surface area contributed by atoms with Gasteiger partial charge >= 0.3 is 6.18 Å². The van der Waals surface area contributed by atoms with Gasteiger partial charge in [-0.3, -0.25) is 9.59 Å². The number of anilines is 2. The van der Waals surface area contributed by atoms with Crippen molar-refractivity contribution >= 4 is 34.9 Å². The number of carbonyl (C=O) groups excluding carboxylic acids is 2. The van der Waals surface area contributed by atoms with E-state index in [1.165, 1.54) is 36.3 Å². The van der Waals surface area contributed by atoms with Crippen LogP contribution in [-0.4, -0.2) is 30.4 Å². The predicted octanol–water partition coefficient (Wildman–Crippen LogP) is 2.93. The lowest BCUT2D eigenvalue weighted by Gasteiger charge is -2.19. The van der Waals surface area contributed by atoms with Crippen LogP contribution in [-0.2, 0) is 11.0 Å². The number of benzene rings is 1. The van der Waals surface area contributed by atoms with Gasteiger partial charge in [0.2, 0.25) is 5.91 Å². The summed E-state index contributed by atoms with van der Waals surface area (Å²) in [4.78, 5) is 28.9. The largest absolute Gasteiger partial charge is 0.417 e. The van der Waals surface area contributed by atoms with E-state index >= 15 is 0 Å². The van der Waals surface area contributed by atoms with Crippen molar-refractivity contribution in [2.24, 2.45) is 5.73 Å². The monoisotopic (exact) mass is 386 g/mol. The van der Waals surface area contributed by atoms with Crippen molar-refractivity contribution in [3.8, 4) is 0 Å². The lowest BCUT2D eigenvalue weighted by molar-refractivity contribution is -0.137. The molecule has 1 aromatic heterocycles. The second-order valence-corrected chi connectivity index (χ2v) is 5.74. The van der Waals surface area contributed by atoms with Crippen LogP contribution in [0, 0.1) is 0 Å². The van der Waals surface area contributed by atoms with Crippen LogP contribution in [0.2, 0.25) is 5.02 Å². The Bertz CT molecular complexity index is 842. The molecule has 0 radical (unpaired) electrons. The molecule has 3 N–H and O–H groups in total. The fourth-order valence-electron chi connectivity index (χ4n) is 2.20. The van der Waals surface area contributed by atoms with Gasteiger partial charge in [-0.1, -0.05) is 11.6 Å². The Balaban J connectivity index is 2.13. The fraction of sp³-hybridized carbons (Fsp3) is 0.188. The van der Waals surface area contributed by atoms with Gasteiger partial charge in [0.15, 0.2) is 0 Å². The number of nitrogens with one attached hydrogen (secondary N) is 1. The van der Waals surface area contributed by atoms with Gasteiger partial charge in [-0.25, -0.2) is 4.98 Å². The van der Waals surface area contributed by atoms with Crippen LogP contribution in [0.4, 0.5) is 24.7 Å². The Hall–Kier alpha value is -2.81. The van der Waals surface area contributed by atoms with Gasteiger partial charge in [-0.15, -0.1) is 0 Å². The van der Waals surface area contributed by atoms with Crippen LogP contribution in [0.5, 0.6) is 0 Å². The molecule has 0 spiro atoms. The number of amides is 2. The van der Waals surface area contributed by atoms with Crippen molar-refractivity contribution in [3.63, 3.8) is 0 Å². The molecule has 0 atom stereocenters. The average molecular weight is 387 g/mol. The zero-order chi connectivity index (χ0) is 19.5. The lowest BCUT2D eigenvalue weighted by atomic mass is 10.2. The van der Waals surface area contributed by atoms with Crippen molar-refractivity contribution in [2.75, 3.05) is 23.8 Å². The molecule has 0 saturated carbocycles. The molecule has 26 heavy (non-hydrogen) atoms. The number of aromatic nitrogens is 1. The van der Waals surface area contributed by atoms with Crippen molar-refractivity contribution in [1.29, 1.82) is 0 Å². The van der Waals surface area contributed by atoms with E-state index in [1.807, 2.05) is 0 Å². The molecule has 1 aromatic carbocycles. The summed E-state index contributed by atoms with van der Waals surface area (Å²) in [6.45, 7) is -0.263. The van der Waals surface area contributed by atoms with Gasteiger partial charge in [0.1, 0.15) is 5.82 Å². The van der Waals surface area contributed by atoms with Crippen molar-refractivity contribution in [3.05, 3.63) is 52.7 Å². The maximum atomic E-state index is 12.9. The number of primary amides is 1. The number of carbonyl (C=O) groups is 2. The highest BCUT2D eigenvalue weighted by Gasteiger charge is 2.33. The highest BCUT2D eigenvalue weighted by atomic mass is 35.5. The van der Waals surface area contributed by atoms with Crippen molar-refractivity contribution in [2.45, 2.75) is 6.18 Å². The lowest BCUT2D eigenvalue weighted by Crippen LogP contribution is -2.32. The van der Waals surface area contributed by atoms with Crippen LogP contribution in [0.25, 0.3) is 0 Å². The normalized spacial score (nSPS) is 11.1. The average Bonchev–Trinajstić information content (AvgIpc) is 2.55. The maximum absolute atomic E-state index is 12.9. The van der Waals surface area contributed by atoms with Crippen molar-refractivity contribution < 1.29 is 22.8 Å². The molecule has 0 fully saturated rings. The number of halogens is 4. The van der Waals surface area contributed by atoms with E-state index < -0.39 is 28.6 Å². The molecule has 0 saturated heterocycles. The minimum absolute atomic E-state index is 0.0590. The zero-order valence-corrected chi connectivity index (χ0v) is 14.2. The molecule has 0 aliphatic carbocycles. The van der Waals surface area contributed by atoms with E-state index in [4.69, 9.17) is 17.3 Å². The predicted molar refractivity (Wildman–Crippen MR) is 91.1 cm³/mol. The number of likely N-dealkylation sites (N-methyl/N-ethyl adjacent to an activating group) is 1. The van der Waals surface area contributed by atoms with Gasteiger partial charge < -0.3 is 16.0 Å². The quantitative estimate of drug-likeness (QED) is 0.827. The van der Waals surface area contributed by atoms with Gasteiger partial charge in [-0.05, 0) is 30.3 Å². The third-order valence-corrected chi connectivity index (χ3v) is 3.68. The first-order valence-corrected chi connectivity index (χ1v) is 7.60. The van der Waals surface area contributed by atoms with E-state index in [0.29, 0.717) is 0 Å². The molecule has 0 bridgehead atoms. The molecule has 138 valence electrons. The maximum Gasteiger partial charge on any atom is 0.417 e. The van der Waals surface area contributed by atoms with E-state index in [9.17, 15) is 22.8 Å². The second kappa shape index (κ2) is 7.61. The molecule has 1 heterocycles. The van der Waals surface area contributed by atoms with E-state index in [2.05, 4.69) is 10.3 Å². The van der Waals surface area contributed by atoms with Gasteiger partial charge in [-0.2, -0.15) is 13.2 Å². The number of rotatable bonds is 5. The number of alkyl halides is 3. The smallest absolute Gasteiger partial charge is 0.365 e. The molecule has 0 aliphatic rings. The zero-order valence-electron chi connectivity index (χ0n) is 13.5. The van der Waals surface area contributed by atoms with E-state index in [0.717, 1.165) is 12.1 Å². The number of hydrogen-bond donors (Lipinski definition) is 2. The van der Waals surface area contributed by atoms with Crippen LogP contribution in [0.3, 0.4) is 0 Å². The Morgan fingerprint density at radius 2 is 2.00 bits per heavy atom. The molecule has 2 rings (SSSR count). The summed E-state index contributed by atoms with van der Waals surface area (Å²) in [6.07, 6.45) is -3.22. The summed E-state index contributed by atoms with van der Waals surface area (Å²) in [5.41, 5.74) is 4.26. The SMILES string of the molecule is CN(CC(=O)Nc1ccc(Cl)c(C(F)(F)F)c1)c1ncccc1C(N)=O. The Labute approximate surface area is 151 Å². The summed E-state index contributed by atoms with van der Waals surface area (Å²) in [7, 11) is 1.50. The standard InChI is InChI=1S/C16H14ClF3N4O2/c1-24(15-10(14(21)26)3-2-6-22-15)8-13(25)23-9-4-5-12(17)11(7-9)16(18,19)20/h2-7H,8H2,1H3,(H2,21,26)(H,23,25). The van der Waals surface area contributed by atoms with Gasteiger partial charge in [0.05, 0.1) is 22.7 Å². The number of pyridine rings is 1. The molecular formula is C16H14ClF3N4O2. The van der Waals surface area contributed by atoms with Crippen LogP contribution < -0.4 is 16.0 Å². The third-order valence-electron chi connectivity index (χ3n) is 3.35. The summed E-state index contributed by atoms with van der Waals surface area (Å²) < 4.78 is 38.6. The fourth-order valence-corrected chi connectivity index (χ4v) is 2.43. The molecule has 10 heteroatoms.